The molecular weight excluding hydrogens is 206 g/mol. The highest BCUT2D eigenvalue weighted by Gasteiger charge is 2.12. The van der Waals surface area contributed by atoms with Gasteiger partial charge in [-0.05, 0) is 18.6 Å². The molecule has 0 fully saturated rings. The van der Waals surface area contributed by atoms with Crippen LogP contribution < -0.4 is 0 Å². The zero-order valence-electron chi connectivity index (χ0n) is 9.09. The number of hydrogen-bond donors (Lipinski definition) is 0. The van der Waals surface area contributed by atoms with Crippen LogP contribution in [0.5, 0.6) is 0 Å². The molecule has 0 aliphatic rings. The summed E-state index contributed by atoms with van der Waals surface area (Å²) in [5.74, 6) is -0.341. The van der Waals surface area contributed by atoms with Gasteiger partial charge in [0, 0.05) is 0 Å². The van der Waals surface area contributed by atoms with Gasteiger partial charge in [-0.3, -0.25) is 0 Å². The predicted octanol–water partition coefficient (Wildman–Crippen LogP) is 1.69. The van der Waals surface area contributed by atoms with Crippen LogP contribution >= 0.6 is 0 Å². The minimum atomic E-state index is -0.341. The summed E-state index contributed by atoms with van der Waals surface area (Å²) in [6, 6.07) is 3.48. The van der Waals surface area contributed by atoms with Gasteiger partial charge >= 0.3 is 5.97 Å². The van der Waals surface area contributed by atoms with Crippen molar-refractivity contribution in [2.24, 2.45) is 0 Å². The van der Waals surface area contributed by atoms with Gasteiger partial charge in [0.25, 0.3) is 0 Å². The Kier molecular flexibility index (Phi) is 3.14. The van der Waals surface area contributed by atoms with Crippen molar-refractivity contribution >= 4 is 11.5 Å². The Bertz CT molecular complexity index is 493. The molecule has 84 valence electrons. The minimum absolute atomic E-state index is 0.341. The molecule has 0 atom stereocenters. The number of fused-ring (bicyclic) bond motifs is 1. The standard InChI is InChI=1S/C11H13N3O2/c1-2-3-6-16-11(15)10-5-4-9-7-12-8-13-14(9)10/h4-5,7-8H,2-3,6H2,1H3. The summed E-state index contributed by atoms with van der Waals surface area (Å²) in [7, 11) is 0. The van der Waals surface area contributed by atoms with Gasteiger partial charge in [-0.2, -0.15) is 5.10 Å². The van der Waals surface area contributed by atoms with Crippen LogP contribution in [-0.2, 0) is 4.74 Å². The smallest absolute Gasteiger partial charge is 0.357 e. The van der Waals surface area contributed by atoms with Crippen LogP contribution in [0.25, 0.3) is 5.52 Å². The third-order valence-corrected chi connectivity index (χ3v) is 2.27. The van der Waals surface area contributed by atoms with Crippen LogP contribution in [0.2, 0.25) is 0 Å². The first-order chi connectivity index (χ1) is 7.83. The Balaban J connectivity index is 2.17. The van der Waals surface area contributed by atoms with Gasteiger partial charge in [0.05, 0.1) is 18.3 Å². The second kappa shape index (κ2) is 4.74. The normalized spacial score (nSPS) is 10.6. The number of unbranched alkanes of at least 4 members (excludes halogenated alkanes) is 1. The van der Waals surface area contributed by atoms with Crippen molar-refractivity contribution in [1.29, 1.82) is 0 Å². The summed E-state index contributed by atoms with van der Waals surface area (Å²) in [5, 5.41) is 4.00. The third-order valence-electron chi connectivity index (χ3n) is 2.27. The highest BCUT2D eigenvalue weighted by atomic mass is 16.5. The lowest BCUT2D eigenvalue weighted by atomic mass is 10.3. The number of nitrogens with zero attached hydrogens (tertiary/aromatic N) is 3. The van der Waals surface area contributed by atoms with E-state index in [1.165, 1.54) is 10.8 Å². The SMILES string of the molecule is CCCCOC(=O)c1ccc2cncnn12. The highest BCUT2D eigenvalue weighted by molar-refractivity contribution is 5.89. The number of hydrogen-bond acceptors (Lipinski definition) is 4. The predicted molar refractivity (Wildman–Crippen MR) is 58.2 cm³/mol. The second-order valence-corrected chi connectivity index (χ2v) is 3.45. The summed E-state index contributed by atoms with van der Waals surface area (Å²) in [6.45, 7) is 2.50. The van der Waals surface area contributed by atoms with Gasteiger partial charge in [-0.25, -0.2) is 14.3 Å². The lowest BCUT2D eigenvalue weighted by molar-refractivity contribution is 0.0490. The Morgan fingerprint density at radius 2 is 2.38 bits per heavy atom. The van der Waals surface area contributed by atoms with E-state index in [4.69, 9.17) is 4.74 Å². The van der Waals surface area contributed by atoms with Crippen molar-refractivity contribution in [2.75, 3.05) is 6.61 Å². The van der Waals surface area contributed by atoms with E-state index in [0.29, 0.717) is 12.3 Å². The maximum atomic E-state index is 11.7. The molecule has 0 N–H and O–H groups in total. The quantitative estimate of drug-likeness (QED) is 0.580. The van der Waals surface area contributed by atoms with Gasteiger partial charge in [-0.1, -0.05) is 13.3 Å². The van der Waals surface area contributed by atoms with Crippen LogP contribution in [0.3, 0.4) is 0 Å². The van der Waals surface area contributed by atoms with Crippen molar-refractivity contribution in [1.82, 2.24) is 14.6 Å². The van der Waals surface area contributed by atoms with Crippen molar-refractivity contribution < 1.29 is 9.53 Å². The molecule has 2 aromatic rings. The average Bonchev–Trinajstić information content (AvgIpc) is 2.73. The monoisotopic (exact) mass is 219 g/mol. The molecule has 16 heavy (non-hydrogen) atoms. The molecular formula is C11H13N3O2. The maximum absolute atomic E-state index is 11.7. The van der Waals surface area contributed by atoms with Gasteiger partial charge < -0.3 is 4.74 Å². The number of carbonyl (C=O) groups is 1. The molecule has 5 heteroatoms. The van der Waals surface area contributed by atoms with Crippen LogP contribution in [0.1, 0.15) is 30.3 Å². The molecule has 0 amide bonds. The van der Waals surface area contributed by atoms with Crippen molar-refractivity contribution in [2.45, 2.75) is 19.8 Å². The van der Waals surface area contributed by atoms with Gasteiger partial charge in [0.2, 0.25) is 0 Å². The summed E-state index contributed by atoms with van der Waals surface area (Å²) in [5.41, 5.74) is 1.22. The second-order valence-electron chi connectivity index (χ2n) is 3.45. The van der Waals surface area contributed by atoms with Crippen LogP contribution in [0.15, 0.2) is 24.7 Å². The number of aromatic nitrogens is 3. The van der Waals surface area contributed by atoms with Crippen molar-refractivity contribution in [3.05, 3.63) is 30.4 Å². The van der Waals surface area contributed by atoms with Crippen LogP contribution in [0.4, 0.5) is 0 Å². The number of esters is 1. The molecule has 0 bridgehead atoms. The van der Waals surface area contributed by atoms with Crippen molar-refractivity contribution in [3.63, 3.8) is 0 Å². The first-order valence-corrected chi connectivity index (χ1v) is 5.28. The number of rotatable bonds is 4. The van der Waals surface area contributed by atoms with E-state index >= 15 is 0 Å². The van der Waals surface area contributed by atoms with E-state index in [1.54, 1.807) is 18.3 Å². The molecule has 0 saturated heterocycles. The summed E-state index contributed by atoms with van der Waals surface area (Å²) >= 11 is 0. The molecule has 0 saturated carbocycles. The molecule has 0 aliphatic heterocycles. The topological polar surface area (TPSA) is 56.5 Å². The van der Waals surface area contributed by atoms with E-state index in [9.17, 15) is 4.79 Å². The summed E-state index contributed by atoms with van der Waals surface area (Å²) in [4.78, 5) is 15.6. The van der Waals surface area contributed by atoms with E-state index in [1.807, 2.05) is 6.92 Å². The van der Waals surface area contributed by atoms with E-state index < -0.39 is 0 Å². The van der Waals surface area contributed by atoms with Gasteiger partial charge in [0.1, 0.15) is 6.33 Å². The van der Waals surface area contributed by atoms with Crippen LogP contribution in [0, 0.1) is 0 Å². The Morgan fingerprint density at radius 1 is 1.50 bits per heavy atom. The first kappa shape index (κ1) is 10.6. The van der Waals surface area contributed by atoms with Gasteiger partial charge in [0.15, 0.2) is 5.69 Å². The fourth-order valence-electron chi connectivity index (χ4n) is 1.40. The number of ether oxygens (including phenoxy) is 1. The fraction of sp³-hybridized carbons (Fsp3) is 0.364. The fourth-order valence-corrected chi connectivity index (χ4v) is 1.40. The molecule has 2 heterocycles. The third kappa shape index (κ3) is 2.03. The summed E-state index contributed by atoms with van der Waals surface area (Å²) < 4.78 is 6.64. The minimum Gasteiger partial charge on any atom is -0.461 e. The molecule has 2 aromatic heterocycles. The molecule has 0 spiro atoms. The molecule has 5 nitrogen and oxygen atoms in total. The summed E-state index contributed by atoms with van der Waals surface area (Å²) in [6.07, 6.45) is 4.93. The van der Waals surface area contributed by atoms with Crippen LogP contribution in [-0.4, -0.2) is 27.2 Å². The zero-order valence-corrected chi connectivity index (χ0v) is 9.09. The first-order valence-electron chi connectivity index (χ1n) is 5.28. The molecule has 0 aromatic carbocycles. The zero-order chi connectivity index (χ0) is 11.4. The molecule has 0 unspecified atom stereocenters. The van der Waals surface area contributed by atoms with E-state index in [-0.39, 0.29) is 5.97 Å². The Labute approximate surface area is 93.1 Å². The highest BCUT2D eigenvalue weighted by Crippen LogP contribution is 2.08. The van der Waals surface area contributed by atoms with E-state index in [2.05, 4.69) is 10.1 Å². The molecule has 0 aliphatic carbocycles. The lowest BCUT2D eigenvalue weighted by Crippen LogP contribution is -2.10. The Hall–Kier alpha value is -1.91. The van der Waals surface area contributed by atoms with Crippen molar-refractivity contribution in [3.8, 4) is 0 Å². The number of carbonyl (C=O) groups excluding carboxylic acids is 1. The largest absolute Gasteiger partial charge is 0.461 e. The average molecular weight is 219 g/mol. The van der Waals surface area contributed by atoms with Gasteiger partial charge in [-0.15, -0.1) is 0 Å². The maximum Gasteiger partial charge on any atom is 0.357 e. The lowest BCUT2D eigenvalue weighted by Gasteiger charge is -2.03. The van der Waals surface area contributed by atoms with E-state index in [0.717, 1.165) is 18.4 Å². The molecule has 0 radical (unpaired) electrons. The molecule has 2 rings (SSSR count). The Morgan fingerprint density at radius 3 is 3.19 bits per heavy atom.